The normalized spacial score (nSPS) is 19.7. The van der Waals surface area contributed by atoms with Gasteiger partial charge in [0.1, 0.15) is 5.54 Å². The van der Waals surface area contributed by atoms with Crippen LogP contribution in [0.25, 0.3) is 10.9 Å². The molecule has 1 amide bonds. The minimum atomic E-state index is -0.753. The van der Waals surface area contributed by atoms with Crippen LogP contribution >= 0.6 is 11.8 Å². The summed E-state index contributed by atoms with van der Waals surface area (Å²) >= 11 is 1.30. The third kappa shape index (κ3) is 3.66. The minimum Gasteiger partial charge on any atom is -0.337 e. The summed E-state index contributed by atoms with van der Waals surface area (Å²) in [7, 11) is 0. The molecule has 28 heavy (non-hydrogen) atoms. The van der Waals surface area contributed by atoms with E-state index >= 15 is 0 Å². The Balaban J connectivity index is 1.59. The van der Waals surface area contributed by atoms with Gasteiger partial charge in [0, 0.05) is 6.04 Å². The van der Waals surface area contributed by atoms with Crippen LogP contribution < -0.4 is 10.9 Å². The molecule has 0 spiro atoms. The molecule has 0 radical (unpaired) electrons. The summed E-state index contributed by atoms with van der Waals surface area (Å²) in [6.45, 7) is 1.81. The van der Waals surface area contributed by atoms with Crippen molar-refractivity contribution in [1.82, 2.24) is 14.9 Å². The van der Waals surface area contributed by atoms with Gasteiger partial charge in [-0.1, -0.05) is 43.2 Å². The van der Waals surface area contributed by atoms with E-state index in [0.717, 1.165) is 32.1 Å². The van der Waals surface area contributed by atoms with E-state index in [2.05, 4.69) is 16.4 Å². The van der Waals surface area contributed by atoms with E-state index in [1.807, 2.05) is 25.1 Å². The summed E-state index contributed by atoms with van der Waals surface area (Å²) in [6.07, 6.45) is 6.36. The number of nitrogens with zero attached hydrogens (tertiary/aromatic N) is 3. The summed E-state index contributed by atoms with van der Waals surface area (Å²) in [5.41, 5.74) is -0.138. The molecule has 7 heteroatoms. The SMILES string of the molecule is C[C@H](Sc1nc2ccccc2c(=O)n1C1CC1)C(=O)NC1(C#N)CCCCC1. The molecule has 2 aromatic rings. The molecule has 2 aliphatic rings. The number of amides is 1. The maximum Gasteiger partial charge on any atom is 0.262 e. The van der Waals surface area contributed by atoms with Crippen LogP contribution in [0.5, 0.6) is 0 Å². The molecule has 2 fully saturated rings. The number of carbonyl (C=O) groups excluding carboxylic acids is 1. The van der Waals surface area contributed by atoms with Crippen LogP contribution in [0.4, 0.5) is 0 Å². The lowest BCUT2D eigenvalue weighted by atomic mass is 9.83. The molecule has 1 aromatic heterocycles. The van der Waals surface area contributed by atoms with Crippen LogP contribution in [0.15, 0.2) is 34.2 Å². The quantitative estimate of drug-likeness (QED) is 0.617. The lowest BCUT2D eigenvalue weighted by Gasteiger charge is -2.32. The first-order valence-corrected chi connectivity index (χ1v) is 10.8. The second-order valence-electron chi connectivity index (χ2n) is 7.82. The number of hydrogen-bond acceptors (Lipinski definition) is 5. The molecule has 0 bridgehead atoms. The van der Waals surface area contributed by atoms with E-state index in [4.69, 9.17) is 0 Å². The Labute approximate surface area is 168 Å². The Morgan fingerprint density at radius 2 is 2.04 bits per heavy atom. The summed E-state index contributed by atoms with van der Waals surface area (Å²) in [4.78, 5) is 30.5. The van der Waals surface area contributed by atoms with E-state index in [1.54, 1.807) is 10.6 Å². The van der Waals surface area contributed by atoms with Crippen LogP contribution in [0.3, 0.4) is 0 Å². The Morgan fingerprint density at radius 1 is 1.32 bits per heavy atom. The summed E-state index contributed by atoms with van der Waals surface area (Å²) in [5, 5.41) is 13.4. The van der Waals surface area contributed by atoms with E-state index in [-0.39, 0.29) is 17.5 Å². The van der Waals surface area contributed by atoms with E-state index in [1.165, 1.54) is 11.8 Å². The van der Waals surface area contributed by atoms with Gasteiger partial charge in [-0.25, -0.2) is 4.98 Å². The molecule has 0 saturated heterocycles. The van der Waals surface area contributed by atoms with Crippen molar-refractivity contribution in [2.75, 3.05) is 0 Å². The van der Waals surface area contributed by atoms with Gasteiger partial charge in [0.15, 0.2) is 5.16 Å². The van der Waals surface area contributed by atoms with Gasteiger partial charge in [-0.2, -0.15) is 5.26 Å². The van der Waals surface area contributed by atoms with Gasteiger partial charge >= 0.3 is 0 Å². The molecule has 2 aliphatic carbocycles. The predicted octanol–water partition coefficient (Wildman–Crippen LogP) is 3.55. The van der Waals surface area contributed by atoms with E-state index in [9.17, 15) is 14.9 Å². The Kier molecular flexibility index (Phi) is 5.15. The van der Waals surface area contributed by atoms with Gasteiger partial charge in [-0.15, -0.1) is 0 Å². The highest BCUT2D eigenvalue weighted by molar-refractivity contribution is 8.00. The van der Waals surface area contributed by atoms with Crippen molar-refractivity contribution in [1.29, 1.82) is 5.26 Å². The Morgan fingerprint density at radius 3 is 2.71 bits per heavy atom. The highest BCUT2D eigenvalue weighted by Gasteiger charge is 2.36. The van der Waals surface area contributed by atoms with Crippen LogP contribution in [-0.2, 0) is 4.79 Å². The Hall–Kier alpha value is -2.33. The number of aromatic nitrogens is 2. The highest BCUT2D eigenvalue weighted by atomic mass is 32.2. The van der Waals surface area contributed by atoms with Gasteiger partial charge in [0.25, 0.3) is 5.56 Å². The molecule has 6 nitrogen and oxygen atoms in total. The number of para-hydroxylation sites is 1. The number of fused-ring (bicyclic) bond motifs is 1. The standard InChI is InChI=1S/C21H24N4O2S/c1-14(18(26)24-21(13-22)11-5-2-6-12-21)28-20-23-17-8-4-3-7-16(17)19(27)25(20)15-9-10-15/h3-4,7-8,14-15H,2,5-6,9-12H2,1H3,(H,24,26)/t14-/m0/s1. The van der Waals surface area contributed by atoms with Gasteiger partial charge in [0.2, 0.25) is 5.91 Å². The monoisotopic (exact) mass is 396 g/mol. The topological polar surface area (TPSA) is 87.8 Å². The number of benzene rings is 1. The number of nitrogens with one attached hydrogen (secondary N) is 1. The number of carbonyl (C=O) groups is 1. The second kappa shape index (κ2) is 7.59. The van der Waals surface area contributed by atoms with Crippen LogP contribution in [0.2, 0.25) is 0 Å². The maximum atomic E-state index is 13.0. The van der Waals surface area contributed by atoms with Crippen molar-refractivity contribution in [3.05, 3.63) is 34.6 Å². The molecule has 1 heterocycles. The first kappa shape index (κ1) is 19.0. The number of nitriles is 1. The zero-order valence-corrected chi connectivity index (χ0v) is 16.8. The van der Waals surface area contributed by atoms with Crippen molar-refractivity contribution < 1.29 is 4.79 Å². The van der Waals surface area contributed by atoms with Gasteiger partial charge in [-0.05, 0) is 44.7 Å². The average molecular weight is 397 g/mol. The van der Waals surface area contributed by atoms with E-state index < -0.39 is 10.8 Å². The molecule has 1 atom stereocenters. The van der Waals surface area contributed by atoms with Gasteiger partial charge in [-0.3, -0.25) is 14.2 Å². The van der Waals surface area contributed by atoms with E-state index in [0.29, 0.717) is 28.9 Å². The van der Waals surface area contributed by atoms with Crippen molar-refractivity contribution in [2.45, 2.75) is 73.9 Å². The molecule has 2 saturated carbocycles. The van der Waals surface area contributed by atoms with Gasteiger partial charge < -0.3 is 5.32 Å². The van der Waals surface area contributed by atoms with Crippen molar-refractivity contribution >= 4 is 28.6 Å². The fraction of sp³-hybridized carbons (Fsp3) is 0.524. The molecule has 1 N–H and O–H groups in total. The smallest absolute Gasteiger partial charge is 0.262 e. The molecular formula is C21H24N4O2S. The third-order valence-corrected chi connectivity index (χ3v) is 6.69. The third-order valence-electron chi connectivity index (χ3n) is 5.62. The lowest BCUT2D eigenvalue weighted by molar-refractivity contribution is -0.121. The molecule has 0 unspecified atom stereocenters. The van der Waals surface area contributed by atoms with Crippen molar-refractivity contribution in [2.24, 2.45) is 0 Å². The average Bonchev–Trinajstić information content (AvgIpc) is 3.54. The molecule has 146 valence electrons. The minimum absolute atomic E-state index is 0.0380. The first-order chi connectivity index (χ1) is 13.5. The zero-order chi connectivity index (χ0) is 19.7. The number of hydrogen-bond donors (Lipinski definition) is 1. The summed E-state index contributed by atoms with van der Waals surface area (Å²) in [5.74, 6) is -0.168. The molecular weight excluding hydrogens is 372 g/mol. The predicted molar refractivity (Wildman–Crippen MR) is 109 cm³/mol. The fourth-order valence-electron chi connectivity index (χ4n) is 3.83. The fourth-order valence-corrected chi connectivity index (χ4v) is 4.81. The molecule has 1 aromatic carbocycles. The largest absolute Gasteiger partial charge is 0.337 e. The molecule has 4 rings (SSSR count). The van der Waals surface area contributed by atoms with Crippen LogP contribution in [-0.4, -0.2) is 26.2 Å². The summed E-state index contributed by atoms with van der Waals surface area (Å²) in [6, 6.07) is 9.83. The van der Waals surface area contributed by atoms with Crippen molar-refractivity contribution in [3.8, 4) is 6.07 Å². The lowest BCUT2D eigenvalue weighted by Crippen LogP contribution is -2.51. The highest BCUT2D eigenvalue weighted by Crippen LogP contribution is 2.38. The van der Waals surface area contributed by atoms with Crippen LogP contribution in [0, 0.1) is 11.3 Å². The zero-order valence-electron chi connectivity index (χ0n) is 16.0. The number of thioether (sulfide) groups is 1. The Bertz CT molecular complexity index is 1000. The number of rotatable bonds is 5. The summed E-state index contributed by atoms with van der Waals surface area (Å²) < 4.78 is 1.75. The van der Waals surface area contributed by atoms with Crippen molar-refractivity contribution in [3.63, 3.8) is 0 Å². The second-order valence-corrected chi connectivity index (χ2v) is 9.13. The first-order valence-electron chi connectivity index (χ1n) is 9.94. The van der Waals surface area contributed by atoms with Crippen LogP contribution in [0.1, 0.15) is 57.9 Å². The van der Waals surface area contributed by atoms with Gasteiger partial charge in [0.05, 0.1) is 22.2 Å². The molecule has 0 aliphatic heterocycles. The maximum absolute atomic E-state index is 13.0.